The summed E-state index contributed by atoms with van der Waals surface area (Å²) in [5, 5.41) is -47.7. The van der Waals surface area contributed by atoms with Crippen LogP contribution in [0.25, 0.3) is 0 Å². The van der Waals surface area contributed by atoms with Gasteiger partial charge in [0.05, 0.1) is 17.7 Å². The molecular formula is C28H6F53O14S7Yb. The third-order valence-corrected chi connectivity index (χ3v) is 26.1. The smallest absolute Gasteiger partial charge is 0.263 e. The molecule has 0 bridgehead atoms. The SMILES string of the molecule is O=S(=O)([C-](S(=O)(=O)C(F)(F)C(F)(F)C(F)(F)C(F)(F)F)S(=O)(=O)C(F)(F)C(F)(F)C(F)(F)C(F)(F)F)C(F)(F)C(F)(F)C(F)(F)C(F)(F)F.O=S(=O)([C-](S(=O)(=O)C(F)(F)C(F)(F)C(F)(F)C(F)(F)F)S(=O)(=O)C(F)(F)C(F)(F)C(F)(F)C(F)(F)F)C(F)C(F)(F)C(F)(F)C(F)(F)F.[CH2-]S(C)(=O)=O.[Yb+3]. The molecule has 14 nitrogen and oxygen atoms in total. The van der Waals surface area contributed by atoms with E-state index in [2.05, 4.69) is 6.26 Å². The normalized spacial score (nSPS) is 16.9. The minimum absolute atomic E-state index is 0. The van der Waals surface area contributed by atoms with Gasteiger partial charge in [0.2, 0.25) is 5.50 Å². The van der Waals surface area contributed by atoms with E-state index in [1.165, 1.54) is 0 Å². The van der Waals surface area contributed by atoms with Gasteiger partial charge in [-0.25, -0.2) is 10.6 Å². The Morgan fingerprint density at radius 2 is 0.330 bits per heavy atom. The minimum atomic E-state index is -10.9. The molecule has 1 radical (unpaired) electrons. The van der Waals surface area contributed by atoms with E-state index >= 15 is 0 Å². The summed E-state index contributed by atoms with van der Waals surface area (Å²) in [6.07, 6.45) is -46.6. The molecule has 0 aliphatic carbocycles. The average molecular weight is 1970 g/mol. The molecule has 0 spiro atoms. The van der Waals surface area contributed by atoms with Crippen molar-refractivity contribution in [1.82, 2.24) is 0 Å². The van der Waals surface area contributed by atoms with Crippen molar-refractivity contribution in [3.05, 3.63) is 14.1 Å². The maximum atomic E-state index is 14.1. The maximum Gasteiger partial charge on any atom is 3.00 e. The molecule has 629 valence electrons. The Bertz CT molecular complexity index is 3610. The molecule has 0 saturated heterocycles. The molecule has 0 aromatic rings. The summed E-state index contributed by atoms with van der Waals surface area (Å²) < 4.78 is 844. The van der Waals surface area contributed by atoms with Crippen LogP contribution in [0.5, 0.6) is 0 Å². The first-order valence-electron chi connectivity index (χ1n) is 20.1. The first-order valence-corrected chi connectivity index (χ1v) is 31.1. The number of hydrogen-bond acceptors (Lipinski definition) is 14. The van der Waals surface area contributed by atoms with E-state index in [9.17, 15) is 292 Å². The van der Waals surface area contributed by atoms with Crippen LogP contribution in [0.4, 0.5) is 233 Å². The van der Waals surface area contributed by atoms with Crippen molar-refractivity contribution < 1.29 is 339 Å². The monoisotopic (exact) mass is 1970 g/mol. The van der Waals surface area contributed by atoms with Gasteiger partial charge in [0.25, 0.3) is 0 Å². The molecule has 103 heavy (non-hydrogen) atoms. The Morgan fingerprint density at radius 3 is 0.437 bits per heavy atom. The summed E-state index contributed by atoms with van der Waals surface area (Å²) >= 11 is 0. The molecule has 0 aromatic heterocycles. The number of sulfone groups is 7. The van der Waals surface area contributed by atoms with E-state index in [-0.39, 0.29) is 46.9 Å². The topological polar surface area (TPSA) is 239 Å². The van der Waals surface area contributed by atoms with Crippen LogP contribution in [0.15, 0.2) is 0 Å². The standard InChI is InChI=1S/C13F27O6S3.C13HF26O6S3.C2H5O2S.Yb/c14-2(15,8(26,27)28)5(20,21)11(35,36)47(41,42)1(48(43,44)12(37,38)6(22,23)3(16,17)9(29,30)31)49(45,46)13(39,40)7(24,25)4(18,19)10(32,33)34;14-1(3(15,16)4(17,18)9(27,28)29)46(40,41)2(47(42,43)12(36,37)7(23,24)5(19,20)10(30,31)32)48(44,45)13(38,39)8(25,26)6(21,22)11(33,34)35;1-5(2,3)4;/h;1H;1H2,2H3;/q3*-1;+3. The third-order valence-electron chi connectivity index (χ3n) is 9.93. The summed E-state index contributed by atoms with van der Waals surface area (Å²) in [5.41, 5.74) is -7.64. The molecule has 0 N–H and O–H groups in total. The van der Waals surface area contributed by atoms with Crippen molar-refractivity contribution in [3.8, 4) is 0 Å². The fourth-order valence-electron chi connectivity index (χ4n) is 4.67. The Balaban J connectivity index is -0.000000883. The molecule has 0 aromatic carbocycles. The first-order chi connectivity index (χ1) is 42.4. The Hall–Kier alpha value is -2.54. The summed E-state index contributed by atoms with van der Waals surface area (Å²) in [5.74, 6) is -109. The van der Waals surface area contributed by atoms with Crippen LogP contribution in [0, 0.1) is 61.0 Å². The van der Waals surface area contributed by atoms with Gasteiger partial charge in [-0.3, -0.25) is 58.9 Å². The molecule has 0 rings (SSSR count). The van der Waals surface area contributed by atoms with Crippen LogP contribution in [-0.4, -0.2) is 205 Å². The van der Waals surface area contributed by atoms with Gasteiger partial charge in [-0.05, 0) is 0 Å². The van der Waals surface area contributed by atoms with Gasteiger partial charge >= 0.3 is 181 Å². The Labute approximate surface area is 564 Å². The second-order valence-electron chi connectivity index (χ2n) is 17.3. The predicted octanol–water partition coefficient (Wildman–Crippen LogP) is 13.4. The number of halogens is 53. The summed E-state index contributed by atoms with van der Waals surface area (Å²) in [6.45, 7) is 0. The molecule has 1 unspecified atom stereocenters. The van der Waals surface area contributed by atoms with E-state index in [1.54, 1.807) is 0 Å². The van der Waals surface area contributed by atoms with E-state index in [1.807, 2.05) is 0 Å². The first kappa shape index (κ1) is 107. The van der Waals surface area contributed by atoms with Gasteiger partial charge < -0.3 is 0 Å². The summed E-state index contributed by atoms with van der Waals surface area (Å²) in [7, 11) is -66.8. The van der Waals surface area contributed by atoms with Gasteiger partial charge in [-0.2, -0.15) is 228 Å². The zero-order valence-electron chi connectivity index (χ0n) is 43.7. The van der Waals surface area contributed by atoms with Gasteiger partial charge in [0, 0.05) is 16.1 Å². The molecule has 0 fully saturated rings. The molecular weight excluding hydrogens is 1960 g/mol. The minimum Gasteiger partial charge on any atom is -0.263 e. The molecule has 0 amide bonds. The fraction of sp³-hybridized carbons (Fsp3) is 0.893. The van der Waals surface area contributed by atoms with Gasteiger partial charge in [0.15, 0.2) is 0 Å². The zero-order valence-corrected chi connectivity index (χ0v) is 51.1. The predicted molar refractivity (Wildman–Crippen MR) is 206 cm³/mol. The van der Waals surface area contributed by atoms with E-state index in [0.29, 0.717) is 0 Å². The molecule has 0 heterocycles. The third kappa shape index (κ3) is 15.9. The van der Waals surface area contributed by atoms with Crippen LogP contribution in [0.1, 0.15) is 0 Å². The molecule has 1 atom stereocenters. The summed E-state index contributed by atoms with van der Waals surface area (Å²) in [4.78, 5) is 0. The van der Waals surface area contributed by atoms with Crippen LogP contribution in [0.3, 0.4) is 0 Å². The molecule has 0 saturated carbocycles. The largest absolute Gasteiger partial charge is 3.00 e. The van der Waals surface area contributed by atoms with Crippen molar-refractivity contribution >= 4 is 68.9 Å². The van der Waals surface area contributed by atoms with Crippen molar-refractivity contribution in [3.63, 3.8) is 0 Å². The van der Waals surface area contributed by atoms with E-state index in [0.717, 1.165) is 6.26 Å². The van der Waals surface area contributed by atoms with Crippen LogP contribution < -0.4 is 0 Å². The zero-order chi connectivity index (χ0) is 85.7. The van der Waals surface area contributed by atoms with Gasteiger partial charge in [-0.15, -0.1) is 0 Å². The van der Waals surface area contributed by atoms with E-state index in [4.69, 9.17) is 0 Å². The number of hydrogen-bond donors (Lipinski definition) is 0. The van der Waals surface area contributed by atoms with Crippen molar-refractivity contribution in [2.75, 3.05) is 6.26 Å². The molecule has 0 aliphatic heterocycles. The Morgan fingerprint density at radius 1 is 0.223 bits per heavy atom. The second-order valence-corrected chi connectivity index (χ2v) is 32.3. The molecule has 0 aliphatic rings. The van der Waals surface area contributed by atoms with Gasteiger partial charge in [-0.1, -0.05) is 0 Å². The van der Waals surface area contributed by atoms with Gasteiger partial charge in [0.1, 0.15) is 49.2 Å². The van der Waals surface area contributed by atoms with Crippen LogP contribution in [-0.2, 0) is 68.9 Å². The van der Waals surface area contributed by atoms with Crippen LogP contribution >= 0.6 is 0 Å². The number of alkyl halides is 53. The van der Waals surface area contributed by atoms with E-state index < -0.39 is 217 Å². The quantitative estimate of drug-likeness (QED) is 0.0645. The van der Waals surface area contributed by atoms with Crippen molar-refractivity contribution in [1.29, 1.82) is 0 Å². The van der Waals surface area contributed by atoms with Crippen molar-refractivity contribution in [2.45, 2.75) is 140 Å². The Kier molecular flexibility index (Phi) is 28.8. The number of rotatable bonds is 24. The molecule has 75 heteroatoms. The van der Waals surface area contributed by atoms with Crippen LogP contribution in [0.2, 0.25) is 0 Å². The summed E-state index contributed by atoms with van der Waals surface area (Å²) in [6, 6.07) is 0. The van der Waals surface area contributed by atoms with Crippen molar-refractivity contribution in [2.24, 2.45) is 0 Å². The second kappa shape index (κ2) is 27.7. The maximum absolute atomic E-state index is 14.1. The fourth-order valence-corrected chi connectivity index (χ4v) is 19.5. The average Bonchev–Trinajstić information content (AvgIpc) is 0.681.